The zero-order chi connectivity index (χ0) is 10.6. The normalized spacial score (nSPS) is 21.6. The van der Waals surface area contributed by atoms with Crippen LogP contribution in [-0.4, -0.2) is 37.6 Å². The van der Waals surface area contributed by atoms with E-state index in [-0.39, 0.29) is 6.61 Å². The van der Waals surface area contributed by atoms with Crippen LogP contribution in [0.2, 0.25) is 0 Å². The van der Waals surface area contributed by atoms with E-state index in [2.05, 4.69) is 9.91 Å². The second-order valence-corrected chi connectivity index (χ2v) is 2.97. The highest BCUT2D eigenvalue weighted by Gasteiger charge is 2.46. The monoisotopic (exact) mass is 203 g/mol. The Morgan fingerprint density at radius 3 is 2.57 bits per heavy atom. The summed E-state index contributed by atoms with van der Waals surface area (Å²) in [4.78, 5) is 21.8. The standard InChI is InChI=1S/C8H13NO5/c1-3-12-7(10)6(9-11)8(2)13-4-5-14-8/h6H,3-5H2,1-2H3. The van der Waals surface area contributed by atoms with Crippen molar-refractivity contribution in [2.24, 2.45) is 5.18 Å². The van der Waals surface area contributed by atoms with Crippen molar-refractivity contribution < 1.29 is 19.0 Å². The number of nitroso groups, excluding NO2 is 1. The topological polar surface area (TPSA) is 74.2 Å². The lowest BCUT2D eigenvalue weighted by atomic mass is 10.1. The summed E-state index contributed by atoms with van der Waals surface area (Å²) in [5.41, 5.74) is 0. The van der Waals surface area contributed by atoms with Gasteiger partial charge in [-0.3, -0.25) is 0 Å². The van der Waals surface area contributed by atoms with Gasteiger partial charge in [0.1, 0.15) is 0 Å². The number of carbonyl (C=O) groups excluding carboxylic acids is 1. The minimum atomic E-state index is -1.27. The van der Waals surface area contributed by atoms with Crippen molar-refractivity contribution in [3.63, 3.8) is 0 Å². The molecule has 1 aliphatic rings. The highest BCUT2D eigenvalue weighted by molar-refractivity contribution is 5.77. The second kappa shape index (κ2) is 4.47. The number of carbonyl (C=O) groups is 1. The molecule has 0 radical (unpaired) electrons. The molecule has 14 heavy (non-hydrogen) atoms. The summed E-state index contributed by atoms with van der Waals surface area (Å²) in [5.74, 6) is -1.99. The Bertz CT molecular complexity index is 224. The van der Waals surface area contributed by atoms with Gasteiger partial charge in [-0.1, -0.05) is 0 Å². The number of nitrogens with zero attached hydrogens (tertiary/aromatic N) is 1. The Kier molecular flexibility index (Phi) is 3.54. The number of rotatable bonds is 4. The molecule has 6 heteroatoms. The Balaban J connectivity index is 2.69. The van der Waals surface area contributed by atoms with Gasteiger partial charge < -0.3 is 14.2 Å². The summed E-state index contributed by atoms with van der Waals surface area (Å²) in [6.07, 6.45) is 0. The van der Waals surface area contributed by atoms with Gasteiger partial charge in [0, 0.05) is 0 Å². The number of hydrogen-bond acceptors (Lipinski definition) is 6. The molecule has 1 saturated heterocycles. The van der Waals surface area contributed by atoms with Crippen LogP contribution in [0.1, 0.15) is 13.8 Å². The van der Waals surface area contributed by atoms with E-state index < -0.39 is 17.8 Å². The molecule has 1 aliphatic heterocycles. The molecule has 0 aromatic rings. The third-order valence-electron chi connectivity index (χ3n) is 1.97. The highest BCUT2D eigenvalue weighted by Crippen LogP contribution is 2.25. The van der Waals surface area contributed by atoms with Crippen molar-refractivity contribution in [1.82, 2.24) is 0 Å². The Morgan fingerprint density at radius 1 is 1.57 bits per heavy atom. The van der Waals surface area contributed by atoms with Gasteiger partial charge in [-0.15, -0.1) is 4.91 Å². The van der Waals surface area contributed by atoms with Crippen LogP contribution < -0.4 is 0 Å². The zero-order valence-electron chi connectivity index (χ0n) is 8.19. The zero-order valence-corrected chi connectivity index (χ0v) is 8.19. The third kappa shape index (κ3) is 2.08. The Morgan fingerprint density at radius 2 is 2.14 bits per heavy atom. The van der Waals surface area contributed by atoms with Gasteiger partial charge in [-0.2, -0.15) is 0 Å². The maximum Gasteiger partial charge on any atom is 0.340 e. The summed E-state index contributed by atoms with van der Waals surface area (Å²) >= 11 is 0. The lowest BCUT2D eigenvalue weighted by Gasteiger charge is -2.25. The van der Waals surface area contributed by atoms with Crippen LogP contribution in [0, 0.1) is 4.91 Å². The molecule has 1 atom stereocenters. The lowest BCUT2D eigenvalue weighted by molar-refractivity contribution is -0.182. The summed E-state index contributed by atoms with van der Waals surface area (Å²) < 4.78 is 15.0. The van der Waals surface area contributed by atoms with E-state index in [0.29, 0.717) is 13.2 Å². The largest absolute Gasteiger partial charge is 0.464 e. The number of hydrogen-bond donors (Lipinski definition) is 0. The Labute approximate surface area is 81.5 Å². The first-order valence-electron chi connectivity index (χ1n) is 4.41. The summed E-state index contributed by atoms with van der Waals surface area (Å²) in [6, 6.07) is -1.26. The SMILES string of the molecule is CCOC(=O)C(N=O)C1(C)OCCO1. The summed E-state index contributed by atoms with van der Waals surface area (Å²) in [7, 11) is 0. The first-order chi connectivity index (χ1) is 6.64. The maximum atomic E-state index is 11.3. The average Bonchev–Trinajstić information content (AvgIpc) is 2.54. The van der Waals surface area contributed by atoms with Crippen LogP contribution in [0.15, 0.2) is 5.18 Å². The average molecular weight is 203 g/mol. The van der Waals surface area contributed by atoms with E-state index in [9.17, 15) is 9.70 Å². The number of esters is 1. The molecule has 1 unspecified atom stereocenters. The van der Waals surface area contributed by atoms with Gasteiger partial charge in [-0.05, 0) is 19.0 Å². The van der Waals surface area contributed by atoms with E-state index in [1.807, 2.05) is 0 Å². The molecule has 0 amide bonds. The summed E-state index contributed by atoms with van der Waals surface area (Å²) in [6.45, 7) is 4.05. The second-order valence-electron chi connectivity index (χ2n) is 2.97. The molecule has 0 bridgehead atoms. The molecule has 0 saturated carbocycles. The third-order valence-corrected chi connectivity index (χ3v) is 1.97. The molecule has 1 fully saturated rings. The maximum absolute atomic E-state index is 11.3. The molecule has 80 valence electrons. The molecule has 0 aliphatic carbocycles. The van der Waals surface area contributed by atoms with Crippen LogP contribution in [-0.2, 0) is 19.0 Å². The molecule has 0 aromatic heterocycles. The molecule has 1 rings (SSSR count). The highest BCUT2D eigenvalue weighted by atomic mass is 16.7. The van der Waals surface area contributed by atoms with Crippen molar-refractivity contribution >= 4 is 5.97 Å². The van der Waals surface area contributed by atoms with Crippen molar-refractivity contribution in [2.75, 3.05) is 19.8 Å². The van der Waals surface area contributed by atoms with Gasteiger partial charge in [0.15, 0.2) is 0 Å². The van der Waals surface area contributed by atoms with E-state index >= 15 is 0 Å². The van der Waals surface area contributed by atoms with Crippen LogP contribution >= 0.6 is 0 Å². The van der Waals surface area contributed by atoms with E-state index in [0.717, 1.165) is 0 Å². The first kappa shape index (κ1) is 11.1. The fraction of sp³-hybridized carbons (Fsp3) is 0.875. The van der Waals surface area contributed by atoms with E-state index in [1.54, 1.807) is 6.92 Å². The van der Waals surface area contributed by atoms with Crippen LogP contribution in [0.25, 0.3) is 0 Å². The molecule has 1 heterocycles. The van der Waals surface area contributed by atoms with Gasteiger partial charge in [-0.25, -0.2) is 4.79 Å². The smallest absolute Gasteiger partial charge is 0.340 e. The quantitative estimate of drug-likeness (QED) is 0.489. The molecule has 6 nitrogen and oxygen atoms in total. The van der Waals surface area contributed by atoms with Gasteiger partial charge in [0.05, 0.1) is 19.8 Å². The predicted octanol–water partition coefficient (Wildman–Crippen LogP) is 0.448. The molecule has 0 spiro atoms. The van der Waals surface area contributed by atoms with Crippen molar-refractivity contribution in [2.45, 2.75) is 25.7 Å². The van der Waals surface area contributed by atoms with Gasteiger partial charge in [0.2, 0.25) is 11.8 Å². The van der Waals surface area contributed by atoms with Crippen LogP contribution in [0.3, 0.4) is 0 Å². The van der Waals surface area contributed by atoms with Crippen LogP contribution in [0.5, 0.6) is 0 Å². The predicted molar refractivity (Wildman–Crippen MR) is 46.5 cm³/mol. The fourth-order valence-corrected chi connectivity index (χ4v) is 1.26. The minimum absolute atomic E-state index is 0.195. The van der Waals surface area contributed by atoms with Crippen molar-refractivity contribution in [3.8, 4) is 0 Å². The number of ether oxygens (including phenoxy) is 3. The molecular formula is C8H13NO5. The summed E-state index contributed by atoms with van der Waals surface area (Å²) in [5, 5.41) is 2.69. The lowest BCUT2D eigenvalue weighted by Crippen LogP contribution is -2.45. The molecular weight excluding hydrogens is 190 g/mol. The minimum Gasteiger partial charge on any atom is -0.464 e. The van der Waals surface area contributed by atoms with Gasteiger partial charge >= 0.3 is 5.97 Å². The van der Waals surface area contributed by atoms with Crippen LogP contribution in [0.4, 0.5) is 0 Å². The van der Waals surface area contributed by atoms with E-state index in [4.69, 9.17) is 9.47 Å². The van der Waals surface area contributed by atoms with Crippen molar-refractivity contribution in [3.05, 3.63) is 4.91 Å². The molecule has 0 N–H and O–H groups in total. The Hall–Kier alpha value is -1.01. The van der Waals surface area contributed by atoms with E-state index in [1.165, 1.54) is 6.92 Å². The first-order valence-corrected chi connectivity index (χ1v) is 4.41. The van der Waals surface area contributed by atoms with Gasteiger partial charge in [0.25, 0.3) is 0 Å². The molecule has 0 aromatic carbocycles. The fourth-order valence-electron chi connectivity index (χ4n) is 1.26. The van der Waals surface area contributed by atoms with Crippen molar-refractivity contribution in [1.29, 1.82) is 0 Å².